The predicted molar refractivity (Wildman–Crippen MR) is 97.8 cm³/mol. The van der Waals surface area contributed by atoms with Crippen LogP contribution in [0.3, 0.4) is 0 Å². The first kappa shape index (κ1) is 15.5. The Bertz CT molecular complexity index is 815. The highest BCUT2D eigenvalue weighted by Crippen LogP contribution is 2.38. The summed E-state index contributed by atoms with van der Waals surface area (Å²) in [7, 11) is 2.15. The van der Waals surface area contributed by atoms with E-state index in [4.69, 9.17) is 0 Å². The fourth-order valence-electron chi connectivity index (χ4n) is 4.31. The van der Waals surface area contributed by atoms with Crippen molar-refractivity contribution in [3.05, 3.63) is 42.1 Å². The van der Waals surface area contributed by atoms with Crippen molar-refractivity contribution < 1.29 is 4.79 Å². The van der Waals surface area contributed by atoms with Crippen molar-refractivity contribution in [2.45, 2.75) is 26.4 Å². The van der Waals surface area contributed by atoms with Crippen molar-refractivity contribution in [3.8, 4) is 0 Å². The molecule has 4 nitrogen and oxygen atoms in total. The van der Waals surface area contributed by atoms with E-state index in [1.165, 1.54) is 22.0 Å². The molecule has 0 fully saturated rings. The Morgan fingerprint density at radius 3 is 2.75 bits per heavy atom. The number of para-hydroxylation sites is 1. The minimum atomic E-state index is -0.0436. The maximum absolute atomic E-state index is 12.9. The molecule has 4 heteroatoms. The van der Waals surface area contributed by atoms with Gasteiger partial charge in [0, 0.05) is 43.3 Å². The molecule has 1 unspecified atom stereocenters. The number of hydrogen-bond acceptors (Lipinski definition) is 2. The zero-order chi connectivity index (χ0) is 16.8. The van der Waals surface area contributed by atoms with Crippen molar-refractivity contribution in [1.82, 2.24) is 14.4 Å². The number of carbonyl (C=O) groups excluding carboxylic acids is 1. The number of amides is 1. The monoisotopic (exact) mass is 323 g/mol. The molecule has 0 radical (unpaired) electrons. The molecular weight excluding hydrogens is 298 g/mol. The number of fused-ring (bicyclic) bond motifs is 2. The van der Waals surface area contributed by atoms with Crippen LogP contribution >= 0.6 is 0 Å². The SMILES string of the molecule is CCN(CC)C(=O)C1C=C2c3cccc4ccn(c34)C[C@H]2N(C)C1. The van der Waals surface area contributed by atoms with Crippen LogP contribution in [-0.2, 0) is 11.3 Å². The smallest absolute Gasteiger partial charge is 0.230 e. The third-order valence-electron chi connectivity index (χ3n) is 5.62. The number of carbonyl (C=O) groups is 1. The Labute approximate surface area is 143 Å². The third kappa shape index (κ3) is 2.20. The van der Waals surface area contributed by atoms with E-state index in [0.29, 0.717) is 6.04 Å². The largest absolute Gasteiger partial charge is 0.345 e. The van der Waals surface area contributed by atoms with E-state index in [0.717, 1.165) is 26.2 Å². The summed E-state index contributed by atoms with van der Waals surface area (Å²) >= 11 is 0. The number of likely N-dealkylation sites (N-methyl/N-ethyl adjacent to an activating group) is 1. The number of aromatic nitrogens is 1. The lowest BCUT2D eigenvalue weighted by atomic mass is 9.85. The minimum absolute atomic E-state index is 0.0436. The van der Waals surface area contributed by atoms with Gasteiger partial charge < -0.3 is 9.47 Å². The Morgan fingerprint density at radius 2 is 2.00 bits per heavy atom. The summed E-state index contributed by atoms with van der Waals surface area (Å²) in [5, 5.41) is 1.28. The fourth-order valence-corrected chi connectivity index (χ4v) is 4.31. The van der Waals surface area contributed by atoms with E-state index < -0.39 is 0 Å². The number of benzene rings is 1. The van der Waals surface area contributed by atoms with Gasteiger partial charge >= 0.3 is 0 Å². The maximum atomic E-state index is 12.9. The standard InChI is InChI=1S/C20H25N3O/c1-4-22(5-2)20(24)15-11-17-16-8-6-7-14-9-10-23(19(14)16)13-18(17)21(3)12-15/h6-11,15,18H,4-5,12-13H2,1-3H3/t15?,18-/m1/s1. The van der Waals surface area contributed by atoms with Gasteiger partial charge in [-0.1, -0.05) is 24.3 Å². The Hall–Kier alpha value is -2.07. The van der Waals surface area contributed by atoms with E-state index in [1.807, 2.05) is 4.90 Å². The molecule has 0 spiro atoms. The zero-order valence-corrected chi connectivity index (χ0v) is 14.7. The normalized spacial score (nSPS) is 23.0. The van der Waals surface area contributed by atoms with Gasteiger partial charge in [0.15, 0.2) is 0 Å². The Kier molecular flexibility index (Phi) is 3.72. The van der Waals surface area contributed by atoms with Gasteiger partial charge in [0.1, 0.15) is 0 Å². The molecule has 0 aliphatic carbocycles. The molecule has 2 atom stereocenters. The van der Waals surface area contributed by atoms with Crippen molar-refractivity contribution in [2.75, 3.05) is 26.7 Å². The van der Waals surface area contributed by atoms with Crippen molar-refractivity contribution in [1.29, 1.82) is 0 Å². The van der Waals surface area contributed by atoms with Crippen molar-refractivity contribution >= 4 is 22.4 Å². The fraction of sp³-hybridized carbons (Fsp3) is 0.450. The second kappa shape index (κ2) is 5.78. The molecule has 2 aliphatic heterocycles. The Morgan fingerprint density at radius 1 is 1.21 bits per heavy atom. The van der Waals surface area contributed by atoms with E-state index in [1.54, 1.807) is 0 Å². The molecular formula is C20H25N3O. The molecule has 0 saturated heterocycles. The lowest BCUT2D eigenvalue weighted by molar-refractivity contribution is -0.134. The van der Waals surface area contributed by atoms with Gasteiger partial charge in [-0.05, 0) is 32.5 Å². The maximum Gasteiger partial charge on any atom is 0.230 e. The van der Waals surface area contributed by atoms with Crippen molar-refractivity contribution in [2.24, 2.45) is 5.92 Å². The molecule has 3 heterocycles. The van der Waals surface area contributed by atoms with Gasteiger partial charge in [-0.2, -0.15) is 0 Å². The predicted octanol–water partition coefficient (Wildman–Crippen LogP) is 2.84. The van der Waals surface area contributed by atoms with E-state index in [9.17, 15) is 4.79 Å². The first-order valence-corrected chi connectivity index (χ1v) is 8.93. The van der Waals surface area contributed by atoms with Crippen LogP contribution < -0.4 is 0 Å². The summed E-state index contributed by atoms with van der Waals surface area (Å²) in [6, 6.07) is 9.04. The first-order valence-electron chi connectivity index (χ1n) is 8.93. The van der Waals surface area contributed by atoms with Crippen LogP contribution in [0.4, 0.5) is 0 Å². The average Bonchev–Trinajstić information content (AvgIpc) is 3.01. The minimum Gasteiger partial charge on any atom is -0.345 e. The summed E-state index contributed by atoms with van der Waals surface area (Å²) in [6.45, 7) is 7.43. The highest BCUT2D eigenvalue weighted by Gasteiger charge is 2.36. The molecule has 1 aromatic carbocycles. The summed E-state index contributed by atoms with van der Waals surface area (Å²) in [5.41, 5.74) is 3.92. The lowest BCUT2D eigenvalue weighted by Crippen LogP contribution is -2.48. The van der Waals surface area contributed by atoms with Crippen LogP contribution in [0.25, 0.3) is 16.5 Å². The third-order valence-corrected chi connectivity index (χ3v) is 5.62. The highest BCUT2D eigenvalue weighted by molar-refractivity contribution is 5.96. The zero-order valence-electron chi connectivity index (χ0n) is 14.7. The molecule has 0 saturated carbocycles. The van der Waals surface area contributed by atoms with Gasteiger partial charge in [-0.15, -0.1) is 0 Å². The van der Waals surface area contributed by atoms with E-state index >= 15 is 0 Å². The lowest BCUT2D eigenvalue weighted by Gasteiger charge is -2.41. The van der Waals surface area contributed by atoms with E-state index in [2.05, 4.69) is 66.9 Å². The topological polar surface area (TPSA) is 28.5 Å². The summed E-state index contributed by atoms with van der Waals surface area (Å²) < 4.78 is 2.36. The van der Waals surface area contributed by atoms with Gasteiger partial charge in [0.2, 0.25) is 5.91 Å². The van der Waals surface area contributed by atoms with Crippen LogP contribution in [-0.4, -0.2) is 53.0 Å². The molecule has 0 bridgehead atoms. The molecule has 2 aromatic rings. The van der Waals surface area contributed by atoms with Crippen LogP contribution in [0.15, 0.2) is 36.5 Å². The van der Waals surface area contributed by atoms with Crippen LogP contribution in [0.2, 0.25) is 0 Å². The summed E-state index contributed by atoms with van der Waals surface area (Å²) in [6.07, 6.45) is 4.43. The molecule has 1 amide bonds. The molecule has 126 valence electrons. The second-order valence-electron chi connectivity index (χ2n) is 6.91. The molecule has 24 heavy (non-hydrogen) atoms. The van der Waals surface area contributed by atoms with Crippen LogP contribution in [0, 0.1) is 5.92 Å². The summed E-state index contributed by atoms with van der Waals surface area (Å²) in [4.78, 5) is 17.2. The quantitative estimate of drug-likeness (QED) is 0.869. The Balaban J connectivity index is 1.80. The first-order chi connectivity index (χ1) is 11.6. The van der Waals surface area contributed by atoms with Gasteiger partial charge in [-0.25, -0.2) is 0 Å². The van der Waals surface area contributed by atoms with Gasteiger partial charge in [-0.3, -0.25) is 9.69 Å². The number of nitrogens with zero attached hydrogens (tertiary/aromatic N) is 3. The van der Waals surface area contributed by atoms with Crippen molar-refractivity contribution in [3.63, 3.8) is 0 Å². The second-order valence-corrected chi connectivity index (χ2v) is 6.91. The van der Waals surface area contributed by atoms with Gasteiger partial charge in [0.25, 0.3) is 0 Å². The van der Waals surface area contributed by atoms with Gasteiger partial charge in [0.05, 0.1) is 17.5 Å². The molecule has 0 N–H and O–H groups in total. The van der Waals surface area contributed by atoms with Crippen LogP contribution in [0.5, 0.6) is 0 Å². The summed E-state index contributed by atoms with van der Waals surface area (Å²) in [5.74, 6) is 0.212. The molecule has 1 aromatic heterocycles. The van der Waals surface area contributed by atoms with E-state index in [-0.39, 0.29) is 11.8 Å². The number of rotatable bonds is 3. The molecule has 4 rings (SSSR count). The average molecular weight is 323 g/mol. The molecule has 2 aliphatic rings. The van der Waals surface area contributed by atoms with Crippen LogP contribution in [0.1, 0.15) is 19.4 Å². The number of hydrogen-bond donors (Lipinski definition) is 0. The highest BCUT2D eigenvalue weighted by atomic mass is 16.2.